The van der Waals surface area contributed by atoms with Gasteiger partial charge in [-0.2, -0.15) is 0 Å². The summed E-state index contributed by atoms with van der Waals surface area (Å²) in [5, 5.41) is 1.99. The van der Waals surface area contributed by atoms with Crippen molar-refractivity contribution >= 4 is 55.5 Å². The van der Waals surface area contributed by atoms with Gasteiger partial charge in [-0.15, -0.1) is 0 Å². The van der Waals surface area contributed by atoms with Crippen LogP contribution in [0.25, 0.3) is 43.9 Å². The van der Waals surface area contributed by atoms with Crippen molar-refractivity contribution in [2.75, 3.05) is 4.90 Å². The van der Waals surface area contributed by atoms with E-state index < -0.39 is 0 Å². The highest BCUT2D eigenvalue weighted by Crippen LogP contribution is 2.34. The van der Waals surface area contributed by atoms with Crippen molar-refractivity contribution in [1.82, 2.24) is 19.9 Å². The zero-order valence-electron chi connectivity index (χ0n) is 18.4. The average molecular weight is 441 g/mol. The molecule has 6 heteroatoms. The Morgan fingerprint density at radius 1 is 0.794 bits per heavy atom. The Morgan fingerprint density at radius 2 is 1.47 bits per heavy atom. The fraction of sp³-hybridized carbons (Fsp3) is 0.107. The summed E-state index contributed by atoms with van der Waals surface area (Å²) in [7, 11) is 0. The minimum atomic E-state index is -0.0237. The fourth-order valence-electron chi connectivity index (χ4n) is 5.15. The highest BCUT2D eigenvalue weighted by Gasteiger charge is 2.31. The number of hydrogen-bond acceptors (Lipinski definition) is 5. The lowest BCUT2D eigenvalue weighted by Gasteiger charge is -2.23. The van der Waals surface area contributed by atoms with Crippen molar-refractivity contribution in [3.05, 3.63) is 90.3 Å². The molecule has 1 atom stereocenters. The van der Waals surface area contributed by atoms with Crippen LogP contribution in [0.15, 0.2) is 79.1 Å². The van der Waals surface area contributed by atoms with E-state index in [1.54, 1.807) is 12.4 Å². The number of benzene rings is 3. The summed E-state index contributed by atoms with van der Waals surface area (Å²) in [6.45, 7) is 2.09. The molecule has 1 unspecified atom stereocenters. The molecule has 0 bridgehead atoms. The van der Waals surface area contributed by atoms with Gasteiger partial charge in [0.25, 0.3) is 5.91 Å². The lowest BCUT2D eigenvalue weighted by atomic mass is 10.1. The first-order valence-corrected chi connectivity index (χ1v) is 11.3. The van der Waals surface area contributed by atoms with Crippen molar-refractivity contribution in [2.24, 2.45) is 0 Å². The molecule has 1 aliphatic rings. The number of hydrogen-bond donors (Lipinski definition) is 0. The van der Waals surface area contributed by atoms with Crippen molar-refractivity contribution in [1.29, 1.82) is 0 Å². The molecule has 0 aliphatic carbocycles. The molecular weight excluding hydrogens is 422 g/mol. The molecule has 6 nitrogen and oxygen atoms in total. The summed E-state index contributed by atoms with van der Waals surface area (Å²) in [4.78, 5) is 34.5. The molecule has 3 aromatic carbocycles. The predicted octanol–water partition coefficient (Wildman–Crippen LogP) is 5.47. The van der Waals surface area contributed by atoms with Crippen LogP contribution < -0.4 is 4.90 Å². The molecule has 0 fully saturated rings. The number of rotatable bonds is 1. The number of pyridine rings is 2. The van der Waals surface area contributed by atoms with E-state index in [0.29, 0.717) is 16.6 Å². The number of para-hydroxylation sites is 1. The highest BCUT2D eigenvalue weighted by molar-refractivity contribution is 6.21. The average Bonchev–Trinajstić information content (AvgIpc) is 3.22. The summed E-state index contributed by atoms with van der Waals surface area (Å²) in [5.74, 6) is -0.0237. The van der Waals surface area contributed by atoms with Crippen LogP contribution in [0.2, 0.25) is 0 Å². The van der Waals surface area contributed by atoms with Gasteiger partial charge >= 0.3 is 0 Å². The maximum absolute atomic E-state index is 13.6. The van der Waals surface area contributed by atoms with Crippen LogP contribution in [0.1, 0.15) is 22.8 Å². The first-order valence-electron chi connectivity index (χ1n) is 11.3. The van der Waals surface area contributed by atoms with E-state index in [-0.39, 0.29) is 11.9 Å². The summed E-state index contributed by atoms with van der Waals surface area (Å²) in [5.41, 5.74) is 7.17. The molecule has 1 amide bonds. The Morgan fingerprint density at radius 3 is 2.21 bits per heavy atom. The molecule has 0 spiro atoms. The lowest BCUT2D eigenvalue weighted by Crippen LogP contribution is -2.35. The number of carbonyl (C=O) groups excluding carboxylic acids is 1. The Labute approximate surface area is 194 Å². The lowest BCUT2D eigenvalue weighted by molar-refractivity contribution is 0.0981. The molecule has 0 saturated heterocycles. The summed E-state index contributed by atoms with van der Waals surface area (Å²) in [6.07, 6.45) is 4.40. The topological polar surface area (TPSA) is 71.9 Å². The minimum Gasteiger partial charge on any atom is -0.305 e. The molecule has 3 aromatic heterocycles. The van der Waals surface area contributed by atoms with Crippen LogP contribution in [0.4, 0.5) is 5.69 Å². The molecular formula is C28H19N5O. The largest absolute Gasteiger partial charge is 0.305 e. The van der Waals surface area contributed by atoms with Crippen LogP contribution >= 0.6 is 0 Å². The molecule has 34 heavy (non-hydrogen) atoms. The number of aromatic nitrogens is 4. The Balaban J connectivity index is 1.44. The normalized spacial score (nSPS) is 15.4. The molecule has 0 saturated carbocycles. The van der Waals surface area contributed by atoms with Gasteiger partial charge in [-0.05, 0) is 55.3 Å². The number of fused-ring (bicyclic) bond motifs is 8. The van der Waals surface area contributed by atoms with Gasteiger partial charge in [-0.3, -0.25) is 14.8 Å². The maximum Gasteiger partial charge on any atom is 0.258 e. The second-order valence-corrected chi connectivity index (χ2v) is 8.78. The van der Waals surface area contributed by atoms with Crippen molar-refractivity contribution in [2.45, 2.75) is 19.4 Å². The quantitative estimate of drug-likeness (QED) is 0.250. The van der Waals surface area contributed by atoms with Crippen LogP contribution in [0.3, 0.4) is 0 Å². The van der Waals surface area contributed by atoms with Crippen molar-refractivity contribution in [3.8, 4) is 0 Å². The number of amides is 1. The van der Waals surface area contributed by atoms with E-state index in [1.807, 2.05) is 65.6 Å². The van der Waals surface area contributed by atoms with E-state index in [1.165, 1.54) is 5.56 Å². The Bertz CT molecular complexity index is 1800. The van der Waals surface area contributed by atoms with E-state index in [4.69, 9.17) is 9.97 Å². The zero-order valence-corrected chi connectivity index (χ0v) is 18.4. The van der Waals surface area contributed by atoms with Crippen molar-refractivity contribution < 1.29 is 4.79 Å². The third-order valence-electron chi connectivity index (χ3n) is 6.69. The van der Waals surface area contributed by atoms with Crippen LogP contribution in [-0.4, -0.2) is 31.9 Å². The maximum atomic E-state index is 13.6. The second-order valence-electron chi connectivity index (χ2n) is 8.78. The third kappa shape index (κ3) is 2.65. The summed E-state index contributed by atoms with van der Waals surface area (Å²) >= 11 is 0. The highest BCUT2D eigenvalue weighted by atomic mass is 16.2. The molecule has 1 aliphatic heterocycles. The number of anilines is 1. The van der Waals surface area contributed by atoms with Gasteiger partial charge in [-0.25, -0.2) is 9.97 Å². The molecule has 4 heterocycles. The molecule has 0 N–H and O–H groups in total. The van der Waals surface area contributed by atoms with E-state index in [2.05, 4.69) is 23.0 Å². The van der Waals surface area contributed by atoms with Gasteiger partial charge in [0.2, 0.25) is 0 Å². The van der Waals surface area contributed by atoms with Gasteiger partial charge in [0.1, 0.15) is 11.0 Å². The van der Waals surface area contributed by atoms with Crippen LogP contribution in [0.5, 0.6) is 0 Å². The monoisotopic (exact) mass is 441 g/mol. The molecule has 7 rings (SSSR count). The Hall–Kier alpha value is -4.45. The van der Waals surface area contributed by atoms with Crippen LogP contribution in [0, 0.1) is 0 Å². The van der Waals surface area contributed by atoms with E-state index >= 15 is 0 Å². The van der Waals surface area contributed by atoms with Crippen LogP contribution in [-0.2, 0) is 6.42 Å². The van der Waals surface area contributed by atoms with Gasteiger partial charge in [-0.1, -0.05) is 30.3 Å². The van der Waals surface area contributed by atoms with E-state index in [9.17, 15) is 4.79 Å². The summed E-state index contributed by atoms with van der Waals surface area (Å²) < 4.78 is 0. The van der Waals surface area contributed by atoms with Crippen molar-refractivity contribution in [3.63, 3.8) is 0 Å². The summed E-state index contributed by atoms with van der Waals surface area (Å²) in [6, 6.07) is 21.7. The standard InChI is InChI=1S/C28H19N5O/c1-16-14-17-6-2-3-9-23(17)33(16)28(34)18-10-11-21-22(15-18)32-27-25-20(8-5-13-30-25)19-7-4-12-29-24(19)26(27)31-21/h2-13,15-16H,14H2,1H3. The fourth-order valence-corrected chi connectivity index (χ4v) is 5.15. The third-order valence-corrected chi connectivity index (χ3v) is 6.69. The first-order chi connectivity index (χ1) is 16.7. The minimum absolute atomic E-state index is 0.0237. The molecule has 0 radical (unpaired) electrons. The molecule has 162 valence electrons. The van der Waals surface area contributed by atoms with Gasteiger partial charge in [0.15, 0.2) is 0 Å². The molecule has 6 aromatic rings. The van der Waals surface area contributed by atoms with Gasteiger partial charge in [0.05, 0.1) is 22.1 Å². The second kappa shape index (κ2) is 7.02. The predicted molar refractivity (Wildman–Crippen MR) is 134 cm³/mol. The number of nitrogens with zero attached hydrogens (tertiary/aromatic N) is 5. The van der Waals surface area contributed by atoms with Gasteiger partial charge in [0, 0.05) is 40.5 Å². The van der Waals surface area contributed by atoms with E-state index in [0.717, 1.165) is 44.9 Å². The zero-order chi connectivity index (χ0) is 22.8. The first kappa shape index (κ1) is 19.1. The van der Waals surface area contributed by atoms with Gasteiger partial charge < -0.3 is 4.90 Å². The SMILES string of the molecule is CC1Cc2ccccc2N1C(=O)c1ccc2nc3c4ncccc4c4cccnc4c3nc2c1. The smallest absolute Gasteiger partial charge is 0.258 e. The Kier molecular flexibility index (Phi) is 3.94. The number of carbonyl (C=O) groups is 1.